The van der Waals surface area contributed by atoms with Crippen LogP contribution in [0.15, 0.2) is 35.4 Å². The number of carboxylic acids is 1. The van der Waals surface area contributed by atoms with Gasteiger partial charge in [0.05, 0.1) is 13.0 Å². The summed E-state index contributed by atoms with van der Waals surface area (Å²) in [6, 6.07) is 6.98. The second-order valence-corrected chi connectivity index (χ2v) is 5.72. The molecule has 0 radical (unpaired) electrons. The molecule has 5 nitrogen and oxygen atoms in total. The van der Waals surface area contributed by atoms with Gasteiger partial charge >= 0.3 is 0 Å². The maximum Gasteiger partial charge on any atom is 0.228 e. The van der Waals surface area contributed by atoms with E-state index >= 15 is 0 Å². The fourth-order valence-corrected chi connectivity index (χ4v) is 2.75. The highest BCUT2D eigenvalue weighted by Gasteiger charge is 2.33. The molecule has 0 aliphatic heterocycles. The van der Waals surface area contributed by atoms with E-state index in [9.17, 15) is 14.7 Å². The Bertz CT molecular complexity index is 621. The minimum atomic E-state index is -1.17. The molecule has 1 aromatic carbocycles. The Hall–Kier alpha value is -2.30. The van der Waals surface area contributed by atoms with Crippen LogP contribution >= 0.6 is 0 Å². The molecule has 0 saturated heterocycles. The molecule has 2 rings (SSSR count). The summed E-state index contributed by atoms with van der Waals surface area (Å²) >= 11 is 0. The van der Waals surface area contributed by atoms with Crippen LogP contribution in [0, 0.1) is 11.8 Å². The molecule has 2 atom stereocenters. The fourth-order valence-electron chi connectivity index (χ4n) is 2.75. The first-order chi connectivity index (χ1) is 10.4. The lowest BCUT2D eigenvalue weighted by molar-refractivity contribution is -0.313. The van der Waals surface area contributed by atoms with E-state index in [0.29, 0.717) is 24.3 Å². The Morgan fingerprint density at radius 1 is 1.18 bits per heavy atom. The van der Waals surface area contributed by atoms with Crippen LogP contribution in [0.5, 0.6) is 5.75 Å². The highest BCUT2D eigenvalue weighted by atomic mass is 16.5. The number of allylic oxidation sites excluding steroid dienone is 2. The lowest BCUT2D eigenvalue weighted by Gasteiger charge is -2.32. The number of hydrogen-bond acceptors (Lipinski definition) is 4. The first-order valence-corrected chi connectivity index (χ1v) is 7.23. The van der Waals surface area contributed by atoms with Crippen molar-refractivity contribution < 1.29 is 19.4 Å². The lowest BCUT2D eigenvalue weighted by Crippen LogP contribution is -2.42. The van der Waals surface area contributed by atoms with Crippen molar-refractivity contribution in [2.45, 2.75) is 26.7 Å². The summed E-state index contributed by atoms with van der Waals surface area (Å²) in [7, 11) is 1.55. The van der Waals surface area contributed by atoms with E-state index in [1.54, 1.807) is 31.4 Å². The molecule has 22 heavy (non-hydrogen) atoms. The average Bonchev–Trinajstić information content (AvgIpc) is 2.49. The monoisotopic (exact) mass is 302 g/mol. The van der Waals surface area contributed by atoms with Crippen molar-refractivity contribution in [2.24, 2.45) is 11.8 Å². The molecule has 0 spiro atoms. The smallest absolute Gasteiger partial charge is 0.228 e. The minimum absolute atomic E-state index is 0.297. The summed E-state index contributed by atoms with van der Waals surface area (Å²) < 4.78 is 5.11. The van der Waals surface area contributed by atoms with E-state index in [-0.39, 0.29) is 5.91 Å². The number of hydrogen-bond donors (Lipinski definition) is 1. The number of nitrogens with one attached hydrogen (secondary N) is 1. The molecule has 1 aliphatic carbocycles. The van der Waals surface area contributed by atoms with Gasteiger partial charge in [-0.2, -0.15) is 0 Å². The van der Waals surface area contributed by atoms with Crippen molar-refractivity contribution in [3.8, 4) is 5.75 Å². The molecule has 5 heteroatoms. The van der Waals surface area contributed by atoms with Crippen molar-refractivity contribution in [2.75, 3.05) is 12.4 Å². The Morgan fingerprint density at radius 2 is 1.82 bits per heavy atom. The fraction of sp³-hybridized carbons (Fsp3) is 0.412. The standard InChI is InChI=1S/C17H21NO4/c1-10-7-14(15(17(20)21)8-11(10)2)16(19)18-12-5-4-6-13(9-12)22-3/h4-6,9,14-15H,7-8H2,1-3H3,(H,18,19)(H,20,21)/p-1. The number of carboxylic acid groups (broad SMARTS) is 1. The zero-order valence-corrected chi connectivity index (χ0v) is 13.0. The van der Waals surface area contributed by atoms with Crippen LogP contribution in [0.3, 0.4) is 0 Å². The average molecular weight is 302 g/mol. The number of carbonyl (C=O) groups is 2. The Morgan fingerprint density at radius 3 is 2.41 bits per heavy atom. The van der Waals surface area contributed by atoms with Gasteiger partial charge in [-0.3, -0.25) is 4.79 Å². The van der Waals surface area contributed by atoms with E-state index < -0.39 is 17.8 Å². The first kappa shape index (κ1) is 16.1. The zero-order valence-electron chi connectivity index (χ0n) is 13.0. The number of ether oxygens (including phenoxy) is 1. The number of benzene rings is 1. The molecule has 1 N–H and O–H groups in total. The largest absolute Gasteiger partial charge is 0.550 e. The van der Waals surface area contributed by atoms with E-state index in [2.05, 4.69) is 5.32 Å². The lowest BCUT2D eigenvalue weighted by atomic mass is 9.76. The van der Waals surface area contributed by atoms with Gasteiger partial charge in [-0.1, -0.05) is 17.2 Å². The second-order valence-electron chi connectivity index (χ2n) is 5.72. The normalized spacial score (nSPS) is 21.4. The molecule has 1 aliphatic rings. The molecule has 2 unspecified atom stereocenters. The third-order valence-electron chi connectivity index (χ3n) is 4.24. The molecule has 118 valence electrons. The topological polar surface area (TPSA) is 78.5 Å². The molecule has 1 amide bonds. The summed E-state index contributed by atoms with van der Waals surface area (Å²) in [5.74, 6) is -2.23. The number of methoxy groups -OCH3 is 1. The van der Waals surface area contributed by atoms with Gasteiger partial charge in [0.1, 0.15) is 5.75 Å². The van der Waals surface area contributed by atoms with E-state index in [0.717, 1.165) is 11.1 Å². The molecule has 0 saturated carbocycles. The summed E-state index contributed by atoms with van der Waals surface area (Å²) in [5, 5.41) is 14.1. The third-order valence-corrected chi connectivity index (χ3v) is 4.24. The van der Waals surface area contributed by atoms with Crippen LogP contribution in [-0.4, -0.2) is 19.0 Å². The van der Waals surface area contributed by atoms with Crippen molar-refractivity contribution >= 4 is 17.6 Å². The van der Waals surface area contributed by atoms with Gasteiger partial charge in [0.2, 0.25) is 5.91 Å². The summed E-state index contributed by atoms with van der Waals surface area (Å²) in [6.45, 7) is 3.84. The van der Waals surface area contributed by atoms with E-state index in [1.165, 1.54) is 0 Å². The highest BCUT2D eigenvalue weighted by Crippen LogP contribution is 2.34. The van der Waals surface area contributed by atoms with Crippen LogP contribution in [0.4, 0.5) is 5.69 Å². The first-order valence-electron chi connectivity index (χ1n) is 7.23. The molecule has 0 aromatic heterocycles. The third kappa shape index (κ3) is 3.47. The van der Waals surface area contributed by atoms with Gasteiger partial charge in [-0.05, 0) is 38.8 Å². The number of anilines is 1. The number of rotatable bonds is 4. The molecular weight excluding hydrogens is 282 g/mol. The van der Waals surface area contributed by atoms with Crippen molar-refractivity contribution in [1.29, 1.82) is 0 Å². The molecule has 0 fully saturated rings. The van der Waals surface area contributed by atoms with Crippen LogP contribution in [0.1, 0.15) is 26.7 Å². The van der Waals surface area contributed by atoms with Crippen molar-refractivity contribution in [3.63, 3.8) is 0 Å². The Labute approximate surface area is 130 Å². The molecule has 1 aromatic rings. The predicted molar refractivity (Wildman–Crippen MR) is 81.2 cm³/mol. The van der Waals surface area contributed by atoms with E-state index in [4.69, 9.17) is 4.74 Å². The van der Waals surface area contributed by atoms with E-state index in [1.807, 2.05) is 13.8 Å². The molecule has 0 heterocycles. The summed E-state index contributed by atoms with van der Waals surface area (Å²) in [5.41, 5.74) is 2.69. The van der Waals surface area contributed by atoms with Crippen LogP contribution < -0.4 is 15.2 Å². The van der Waals surface area contributed by atoms with Gasteiger partial charge in [0.15, 0.2) is 0 Å². The van der Waals surface area contributed by atoms with Gasteiger partial charge < -0.3 is 20.0 Å². The van der Waals surface area contributed by atoms with Gasteiger partial charge in [0.25, 0.3) is 0 Å². The Balaban J connectivity index is 2.18. The number of carbonyl (C=O) groups excluding carboxylic acids is 2. The predicted octanol–water partition coefficient (Wildman–Crippen LogP) is 1.75. The number of aliphatic carboxylic acids is 1. The zero-order chi connectivity index (χ0) is 16.3. The minimum Gasteiger partial charge on any atom is -0.550 e. The van der Waals surface area contributed by atoms with Crippen molar-refractivity contribution in [1.82, 2.24) is 0 Å². The van der Waals surface area contributed by atoms with Gasteiger partial charge in [-0.25, -0.2) is 0 Å². The summed E-state index contributed by atoms with van der Waals surface area (Å²) in [6.07, 6.45) is 0.810. The maximum atomic E-state index is 12.5. The maximum absolute atomic E-state index is 12.5. The van der Waals surface area contributed by atoms with Crippen LogP contribution in [0.25, 0.3) is 0 Å². The van der Waals surface area contributed by atoms with Gasteiger partial charge in [0, 0.05) is 23.6 Å². The highest BCUT2D eigenvalue weighted by molar-refractivity contribution is 5.95. The van der Waals surface area contributed by atoms with Crippen molar-refractivity contribution in [3.05, 3.63) is 35.4 Å². The van der Waals surface area contributed by atoms with Crippen LogP contribution in [0.2, 0.25) is 0 Å². The molecular formula is C17H20NO4-. The van der Waals surface area contributed by atoms with Gasteiger partial charge in [-0.15, -0.1) is 0 Å². The summed E-state index contributed by atoms with van der Waals surface area (Å²) in [4.78, 5) is 23.8. The quantitative estimate of drug-likeness (QED) is 0.859. The number of amides is 1. The molecule has 0 bridgehead atoms. The Kier molecular flexibility index (Phi) is 4.85. The SMILES string of the molecule is COc1cccc(NC(=O)C2CC(C)=C(C)CC2C(=O)[O-])c1. The van der Waals surface area contributed by atoms with Crippen LogP contribution in [-0.2, 0) is 9.59 Å². The second kappa shape index (κ2) is 6.64.